The highest BCUT2D eigenvalue weighted by atomic mass is 32.1. The first-order valence-electron chi connectivity index (χ1n) is 10.6. The summed E-state index contributed by atoms with van der Waals surface area (Å²) in [6.45, 7) is 3.62. The zero-order chi connectivity index (χ0) is 21.6. The standard InChI is InChI=1S/C21H27N7O2S/c1-30-16-5-10-28(11-6-16)19(29)18-14-31-21(25-18)26-20-23-8-4-17(24-20)15-3-2-9-27(13-15)12-7-22/h4,8,14-16H,2-3,5-6,9-13H2,1H3,(H,23,24,25,26)/t15-/m0/s1. The maximum atomic E-state index is 12.7. The lowest BCUT2D eigenvalue weighted by molar-refractivity contribution is 0.0348. The summed E-state index contributed by atoms with van der Waals surface area (Å²) in [5.41, 5.74) is 1.41. The largest absolute Gasteiger partial charge is 0.381 e. The summed E-state index contributed by atoms with van der Waals surface area (Å²) >= 11 is 1.37. The van der Waals surface area contributed by atoms with Crippen molar-refractivity contribution in [3.05, 3.63) is 29.0 Å². The fourth-order valence-corrected chi connectivity index (χ4v) is 4.86. The second-order valence-corrected chi connectivity index (χ2v) is 8.79. The number of nitriles is 1. The summed E-state index contributed by atoms with van der Waals surface area (Å²) in [4.78, 5) is 30.2. The summed E-state index contributed by atoms with van der Waals surface area (Å²) in [5.74, 6) is 0.714. The minimum absolute atomic E-state index is 0.0479. The number of aromatic nitrogens is 3. The first kappa shape index (κ1) is 21.6. The van der Waals surface area contributed by atoms with Crippen LogP contribution in [-0.4, -0.2) is 76.6 Å². The topological polar surface area (TPSA) is 107 Å². The number of anilines is 2. The summed E-state index contributed by atoms with van der Waals surface area (Å²) in [5, 5.41) is 14.5. The van der Waals surface area contributed by atoms with Gasteiger partial charge in [0.2, 0.25) is 5.95 Å². The van der Waals surface area contributed by atoms with Crippen LogP contribution in [-0.2, 0) is 4.74 Å². The monoisotopic (exact) mass is 441 g/mol. The van der Waals surface area contributed by atoms with E-state index in [0.29, 0.717) is 36.4 Å². The molecule has 2 fully saturated rings. The SMILES string of the molecule is COC1CCN(C(=O)c2csc(Nc3nccc([C@H]4CCCN(CC#N)C4)n3)n2)CC1. The van der Waals surface area contributed by atoms with Crippen LogP contribution in [0.4, 0.5) is 11.1 Å². The van der Waals surface area contributed by atoms with Crippen molar-refractivity contribution in [1.29, 1.82) is 5.26 Å². The molecule has 31 heavy (non-hydrogen) atoms. The lowest BCUT2D eigenvalue weighted by Crippen LogP contribution is -2.40. The number of likely N-dealkylation sites (tertiary alicyclic amines) is 2. The van der Waals surface area contributed by atoms with E-state index in [-0.39, 0.29) is 17.9 Å². The number of piperidine rings is 2. The van der Waals surface area contributed by atoms with Crippen molar-refractivity contribution in [3.8, 4) is 6.07 Å². The molecule has 0 aromatic carbocycles. The molecule has 0 saturated carbocycles. The van der Waals surface area contributed by atoms with E-state index in [0.717, 1.165) is 44.5 Å². The Morgan fingerprint density at radius 2 is 2.16 bits per heavy atom. The number of methoxy groups -OCH3 is 1. The van der Waals surface area contributed by atoms with Gasteiger partial charge in [-0.05, 0) is 38.3 Å². The van der Waals surface area contributed by atoms with Crippen LogP contribution in [0.1, 0.15) is 47.8 Å². The number of hydrogen-bond acceptors (Lipinski definition) is 9. The molecule has 9 nitrogen and oxygen atoms in total. The minimum Gasteiger partial charge on any atom is -0.381 e. The van der Waals surface area contributed by atoms with E-state index in [1.54, 1.807) is 18.7 Å². The van der Waals surface area contributed by atoms with Crippen molar-refractivity contribution in [3.63, 3.8) is 0 Å². The van der Waals surface area contributed by atoms with E-state index in [2.05, 4.69) is 31.2 Å². The third-order valence-corrected chi connectivity index (χ3v) is 6.66. The van der Waals surface area contributed by atoms with Crippen LogP contribution < -0.4 is 5.32 Å². The maximum Gasteiger partial charge on any atom is 0.273 e. The summed E-state index contributed by atoms with van der Waals surface area (Å²) < 4.78 is 5.37. The maximum absolute atomic E-state index is 12.7. The van der Waals surface area contributed by atoms with Crippen molar-refractivity contribution in [1.82, 2.24) is 24.8 Å². The highest BCUT2D eigenvalue weighted by molar-refractivity contribution is 7.14. The molecular formula is C21H27N7O2S. The van der Waals surface area contributed by atoms with Crippen LogP contribution in [0.3, 0.4) is 0 Å². The predicted molar refractivity (Wildman–Crippen MR) is 117 cm³/mol. The zero-order valence-electron chi connectivity index (χ0n) is 17.7. The number of carbonyl (C=O) groups excluding carboxylic acids is 1. The average Bonchev–Trinajstić information content (AvgIpc) is 3.28. The number of carbonyl (C=O) groups is 1. The molecule has 1 amide bonds. The quantitative estimate of drug-likeness (QED) is 0.682. The second kappa shape index (κ2) is 10.1. The van der Waals surface area contributed by atoms with Gasteiger partial charge in [0.15, 0.2) is 5.13 Å². The normalized spacial score (nSPS) is 20.4. The third-order valence-electron chi connectivity index (χ3n) is 5.90. The van der Waals surface area contributed by atoms with E-state index in [4.69, 9.17) is 10.00 Å². The zero-order valence-corrected chi connectivity index (χ0v) is 18.5. The number of hydrogen-bond donors (Lipinski definition) is 1. The molecule has 1 atom stereocenters. The highest BCUT2D eigenvalue weighted by Gasteiger charge is 2.25. The van der Waals surface area contributed by atoms with Gasteiger partial charge in [0.25, 0.3) is 5.91 Å². The Morgan fingerprint density at radius 3 is 2.94 bits per heavy atom. The van der Waals surface area contributed by atoms with E-state index in [9.17, 15) is 4.79 Å². The number of nitrogens with zero attached hydrogens (tertiary/aromatic N) is 6. The van der Waals surface area contributed by atoms with Gasteiger partial charge in [0.1, 0.15) is 5.69 Å². The molecule has 2 aromatic rings. The molecular weight excluding hydrogens is 414 g/mol. The van der Waals surface area contributed by atoms with Crippen molar-refractivity contribution in [2.45, 2.75) is 37.7 Å². The van der Waals surface area contributed by atoms with Crippen LogP contribution in [0.5, 0.6) is 0 Å². The molecule has 2 aliphatic rings. The Kier molecular flexibility index (Phi) is 7.06. The molecule has 0 bridgehead atoms. The molecule has 2 aliphatic heterocycles. The van der Waals surface area contributed by atoms with Crippen molar-refractivity contribution in [2.24, 2.45) is 0 Å². The number of ether oxygens (including phenoxy) is 1. The molecule has 2 saturated heterocycles. The van der Waals surface area contributed by atoms with E-state index in [1.807, 2.05) is 11.0 Å². The Hall–Kier alpha value is -2.61. The van der Waals surface area contributed by atoms with Gasteiger partial charge in [-0.15, -0.1) is 11.3 Å². The van der Waals surface area contributed by atoms with Crippen LogP contribution in [0, 0.1) is 11.3 Å². The molecule has 1 N–H and O–H groups in total. The van der Waals surface area contributed by atoms with Gasteiger partial charge < -0.3 is 15.0 Å². The fourth-order valence-electron chi connectivity index (χ4n) is 4.18. The first-order valence-corrected chi connectivity index (χ1v) is 11.5. The van der Waals surface area contributed by atoms with E-state index in [1.165, 1.54) is 11.3 Å². The van der Waals surface area contributed by atoms with Gasteiger partial charge in [0.05, 0.1) is 24.4 Å². The van der Waals surface area contributed by atoms with Crippen molar-refractivity contribution < 1.29 is 9.53 Å². The molecule has 164 valence electrons. The smallest absolute Gasteiger partial charge is 0.273 e. The van der Waals surface area contributed by atoms with E-state index < -0.39 is 0 Å². The van der Waals surface area contributed by atoms with E-state index >= 15 is 0 Å². The van der Waals surface area contributed by atoms with Gasteiger partial charge >= 0.3 is 0 Å². The van der Waals surface area contributed by atoms with Crippen LogP contribution in [0.15, 0.2) is 17.6 Å². The molecule has 4 rings (SSSR count). The van der Waals surface area contributed by atoms with Crippen LogP contribution in [0.25, 0.3) is 0 Å². The average molecular weight is 442 g/mol. The first-order chi connectivity index (χ1) is 15.2. The molecule has 0 unspecified atom stereocenters. The highest BCUT2D eigenvalue weighted by Crippen LogP contribution is 2.27. The Bertz CT molecular complexity index is 936. The summed E-state index contributed by atoms with van der Waals surface area (Å²) in [6.07, 6.45) is 5.79. The second-order valence-electron chi connectivity index (χ2n) is 7.93. The summed E-state index contributed by atoms with van der Waals surface area (Å²) in [6, 6.07) is 4.17. The van der Waals surface area contributed by atoms with Crippen LogP contribution in [0.2, 0.25) is 0 Å². The van der Waals surface area contributed by atoms with Gasteiger partial charge in [-0.25, -0.2) is 15.0 Å². The van der Waals surface area contributed by atoms with Gasteiger partial charge in [-0.2, -0.15) is 5.26 Å². The van der Waals surface area contributed by atoms with Crippen LogP contribution >= 0.6 is 11.3 Å². The molecule has 2 aromatic heterocycles. The molecule has 4 heterocycles. The minimum atomic E-state index is -0.0479. The van der Waals surface area contributed by atoms with Gasteiger partial charge in [0, 0.05) is 44.2 Å². The molecule has 0 radical (unpaired) electrons. The predicted octanol–water partition coefficient (Wildman–Crippen LogP) is 2.63. The fraction of sp³-hybridized carbons (Fsp3) is 0.571. The number of thiazole rings is 1. The Balaban J connectivity index is 1.38. The number of nitrogens with one attached hydrogen (secondary N) is 1. The van der Waals surface area contributed by atoms with Gasteiger partial charge in [-0.3, -0.25) is 9.69 Å². The Morgan fingerprint density at radius 1 is 1.32 bits per heavy atom. The number of rotatable bonds is 6. The molecule has 0 aliphatic carbocycles. The molecule has 0 spiro atoms. The number of amides is 1. The summed E-state index contributed by atoms with van der Waals surface area (Å²) in [7, 11) is 1.72. The lowest BCUT2D eigenvalue weighted by atomic mass is 9.94. The lowest BCUT2D eigenvalue weighted by Gasteiger charge is -2.30. The van der Waals surface area contributed by atoms with Crippen molar-refractivity contribution >= 4 is 28.3 Å². The van der Waals surface area contributed by atoms with Gasteiger partial charge in [-0.1, -0.05) is 0 Å². The Labute approximate surface area is 186 Å². The molecule has 10 heteroatoms. The third kappa shape index (κ3) is 5.36. The van der Waals surface area contributed by atoms with Crippen molar-refractivity contribution in [2.75, 3.05) is 45.2 Å².